The van der Waals surface area contributed by atoms with Gasteiger partial charge in [-0.1, -0.05) is 22.6 Å². The Morgan fingerprint density at radius 2 is 0.842 bits per heavy atom. The Labute approximate surface area is 128 Å². The maximum absolute atomic E-state index is 8.46. The zero-order valence-electron chi connectivity index (χ0n) is 11.4. The first kappa shape index (κ1) is 19.5. The van der Waals surface area contributed by atoms with E-state index in [-0.39, 0.29) is 6.61 Å². The number of hydrogen-bond donors (Lipinski definition) is 1. The van der Waals surface area contributed by atoms with Crippen molar-refractivity contribution in [2.75, 3.05) is 77.1 Å². The van der Waals surface area contributed by atoms with Crippen molar-refractivity contribution in [3.8, 4) is 0 Å². The number of alkyl halides is 1. The Bertz CT molecular complexity index is 145. The molecule has 19 heavy (non-hydrogen) atoms. The largest absolute Gasteiger partial charge is 0.394 e. The lowest BCUT2D eigenvalue weighted by molar-refractivity contribution is -0.0123. The summed E-state index contributed by atoms with van der Waals surface area (Å²) in [7, 11) is 0. The highest BCUT2D eigenvalue weighted by Crippen LogP contribution is 1.85. The molecule has 0 amide bonds. The van der Waals surface area contributed by atoms with Crippen molar-refractivity contribution in [3.63, 3.8) is 0 Å². The second-order valence-corrected chi connectivity index (χ2v) is 4.55. The van der Waals surface area contributed by atoms with Crippen molar-refractivity contribution < 1.29 is 28.8 Å². The second-order valence-electron chi connectivity index (χ2n) is 3.47. The molecule has 0 aromatic heterocycles. The van der Waals surface area contributed by atoms with Crippen molar-refractivity contribution in [2.45, 2.75) is 0 Å². The first-order chi connectivity index (χ1) is 9.41. The van der Waals surface area contributed by atoms with E-state index in [9.17, 15) is 0 Å². The maximum atomic E-state index is 8.46. The lowest BCUT2D eigenvalue weighted by atomic mass is 10.7. The number of aliphatic hydroxyl groups is 1. The van der Waals surface area contributed by atoms with Crippen LogP contribution >= 0.6 is 22.6 Å². The molecule has 0 spiro atoms. The molecule has 0 aliphatic rings. The summed E-state index contributed by atoms with van der Waals surface area (Å²) in [5.41, 5.74) is 0. The molecule has 0 aromatic rings. The van der Waals surface area contributed by atoms with Gasteiger partial charge in [0.1, 0.15) is 0 Å². The normalized spacial score (nSPS) is 11.1. The number of aliphatic hydroxyl groups excluding tert-OH is 1. The van der Waals surface area contributed by atoms with Gasteiger partial charge in [0.2, 0.25) is 0 Å². The van der Waals surface area contributed by atoms with Crippen LogP contribution in [0, 0.1) is 0 Å². The monoisotopic (exact) mass is 392 g/mol. The predicted molar refractivity (Wildman–Crippen MR) is 80.1 cm³/mol. The third-order valence-electron chi connectivity index (χ3n) is 1.95. The van der Waals surface area contributed by atoms with Crippen molar-refractivity contribution in [3.05, 3.63) is 0 Å². The van der Waals surface area contributed by atoms with E-state index in [1.165, 1.54) is 0 Å². The highest BCUT2D eigenvalue weighted by molar-refractivity contribution is 14.1. The molecule has 0 aliphatic carbocycles. The Kier molecular flexibility index (Phi) is 19.0. The number of ether oxygens (including phenoxy) is 5. The Hall–Kier alpha value is 0.490. The van der Waals surface area contributed by atoms with E-state index in [0.717, 1.165) is 11.0 Å². The molecule has 0 saturated carbocycles. The average molecular weight is 392 g/mol. The van der Waals surface area contributed by atoms with Crippen LogP contribution in [0.25, 0.3) is 0 Å². The Balaban J connectivity index is 2.88. The summed E-state index contributed by atoms with van der Waals surface area (Å²) in [6, 6.07) is 0. The summed E-state index contributed by atoms with van der Waals surface area (Å²) >= 11 is 2.27. The standard InChI is InChI=1S/C12H25IO6/c13-1-3-15-5-7-17-9-11-19-12-10-18-8-6-16-4-2-14/h14H,1-12H2. The molecule has 7 heteroatoms. The van der Waals surface area contributed by atoms with Gasteiger partial charge >= 0.3 is 0 Å². The lowest BCUT2D eigenvalue weighted by Gasteiger charge is -2.07. The average Bonchev–Trinajstić information content (AvgIpc) is 2.43. The minimum Gasteiger partial charge on any atom is -0.394 e. The third kappa shape index (κ3) is 18.5. The minimum atomic E-state index is 0.0478. The Morgan fingerprint density at radius 1 is 0.526 bits per heavy atom. The van der Waals surface area contributed by atoms with Gasteiger partial charge in [-0.25, -0.2) is 0 Å². The van der Waals surface area contributed by atoms with Crippen LogP contribution in [0.1, 0.15) is 0 Å². The van der Waals surface area contributed by atoms with Crippen LogP contribution in [0.2, 0.25) is 0 Å². The number of halogens is 1. The molecule has 0 heterocycles. The quantitative estimate of drug-likeness (QED) is 0.235. The summed E-state index contributed by atoms with van der Waals surface area (Å²) in [5, 5.41) is 8.46. The van der Waals surface area contributed by atoms with Crippen molar-refractivity contribution in [2.24, 2.45) is 0 Å². The topological polar surface area (TPSA) is 66.4 Å². The molecule has 0 unspecified atom stereocenters. The molecule has 1 N–H and O–H groups in total. The highest BCUT2D eigenvalue weighted by Gasteiger charge is 1.92. The van der Waals surface area contributed by atoms with Crippen LogP contribution in [0.3, 0.4) is 0 Å². The fraction of sp³-hybridized carbons (Fsp3) is 1.00. The molecule has 0 radical (unpaired) electrons. The van der Waals surface area contributed by atoms with Crippen LogP contribution in [-0.4, -0.2) is 82.2 Å². The van der Waals surface area contributed by atoms with Gasteiger partial charge in [-0.05, 0) is 0 Å². The van der Waals surface area contributed by atoms with Gasteiger partial charge in [-0.15, -0.1) is 0 Å². The lowest BCUT2D eigenvalue weighted by Crippen LogP contribution is -2.13. The van der Waals surface area contributed by atoms with Crippen LogP contribution in [0.15, 0.2) is 0 Å². The van der Waals surface area contributed by atoms with Gasteiger partial charge in [0.15, 0.2) is 0 Å². The second kappa shape index (κ2) is 18.5. The van der Waals surface area contributed by atoms with Crippen LogP contribution in [0.5, 0.6) is 0 Å². The van der Waals surface area contributed by atoms with Gasteiger partial charge in [-0.3, -0.25) is 0 Å². The Morgan fingerprint density at radius 3 is 1.16 bits per heavy atom. The molecule has 0 saturated heterocycles. The first-order valence-electron chi connectivity index (χ1n) is 6.47. The smallest absolute Gasteiger partial charge is 0.0701 e. The SMILES string of the molecule is OCCOCCOCCOCCOCCOCCI. The van der Waals surface area contributed by atoms with Gasteiger partial charge < -0.3 is 28.8 Å². The van der Waals surface area contributed by atoms with E-state index in [4.69, 9.17) is 28.8 Å². The summed E-state index contributed by atoms with van der Waals surface area (Å²) in [6.07, 6.45) is 0. The van der Waals surface area contributed by atoms with Gasteiger partial charge in [0, 0.05) is 4.43 Å². The summed E-state index contributed by atoms with van der Waals surface area (Å²) in [5.74, 6) is 0. The zero-order valence-corrected chi connectivity index (χ0v) is 13.5. The zero-order chi connectivity index (χ0) is 14.0. The highest BCUT2D eigenvalue weighted by atomic mass is 127. The molecular formula is C12H25IO6. The van der Waals surface area contributed by atoms with Crippen molar-refractivity contribution in [1.82, 2.24) is 0 Å². The van der Waals surface area contributed by atoms with Gasteiger partial charge in [-0.2, -0.15) is 0 Å². The predicted octanol–water partition coefficient (Wildman–Crippen LogP) is 0.497. The molecule has 0 bridgehead atoms. The van der Waals surface area contributed by atoms with E-state index in [0.29, 0.717) is 59.5 Å². The molecular weight excluding hydrogens is 367 g/mol. The van der Waals surface area contributed by atoms with Gasteiger partial charge in [0.25, 0.3) is 0 Å². The maximum Gasteiger partial charge on any atom is 0.0701 e. The molecule has 0 rings (SSSR count). The summed E-state index contributed by atoms with van der Waals surface area (Å²) < 4.78 is 27.2. The minimum absolute atomic E-state index is 0.0478. The fourth-order valence-corrected chi connectivity index (χ4v) is 1.41. The van der Waals surface area contributed by atoms with E-state index in [1.54, 1.807) is 0 Å². The molecule has 0 aromatic carbocycles. The molecule has 116 valence electrons. The van der Waals surface area contributed by atoms with E-state index in [2.05, 4.69) is 22.6 Å². The number of hydrogen-bond acceptors (Lipinski definition) is 6. The molecule has 0 fully saturated rings. The fourth-order valence-electron chi connectivity index (χ4n) is 1.10. The third-order valence-corrected chi connectivity index (χ3v) is 2.39. The van der Waals surface area contributed by atoms with E-state index in [1.807, 2.05) is 0 Å². The number of rotatable bonds is 16. The molecule has 6 nitrogen and oxygen atoms in total. The van der Waals surface area contributed by atoms with Crippen LogP contribution < -0.4 is 0 Å². The van der Waals surface area contributed by atoms with Crippen molar-refractivity contribution in [1.29, 1.82) is 0 Å². The van der Waals surface area contributed by atoms with Crippen LogP contribution in [0.4, 0.5) is 0 Å². The van der Waals surface area contributed by atoms with E-state index >= 15 is 0 Å². The summed E-state index contributed by atoms with van der Waals surface area (Å²) in [4.78, 5) is 0. The van der Waals surface area contributed by atoms with Crippen molar-refractivity contribution >= 4 is 22.6 Å². The van der Waals surface area contributed by atoms with Crippen LogP contribution in [-0.2, 0) is 23.7 Å². The first-order valence-corrected chi connectivity index (χ1v) is 8.00. The van der Waals surface area contributed by atoms with E-state index < -0.39 is 0 Å². The summed E-state index contributed by atoms with van der Waals surface area (Å²) in [6.45, 7) is 5.69. The molecule has 0 atom stereocenters. The molecule has 0 aliphatic heterocycles. The van der Waals surface area contributed by atoms with Gasteiger partial charge in [0.05, 0.1) is 72.7 Å².